The van der Waals surface area contributed by atoms with Crippen molar-refractivity contribution in [3.05, 3.63) is 40.5 Å². The quantitative estimate of drug-likeness (QED) is 0.776. The molecule has 24 heavy (non-hydrogen) atoms. The molecule has 1 aliphatic heterocycles. The van der Waals surface area contributed by atoms with Crippen LogP contribution >= 0.6 is 15.9 Å². The van der Waals surface area contributed by atoms with Crippen LogP contribution in [0.1, 0.15) is 18.4 Å². The Labute approximate surface area is 145 Å². The molecule has 1 aromatic rings. The highest BCUT2D eigenvalue weighted by Gasteiger charge is 2.37. The Balaban J connectivity index is 2.05. The van der Waals surface area contributed by atoms with E-state index in [1.165, 1.54) is 4.90 Å². The number of nitrogens with zero attached hydrogens (tertiary/aromatic N) is 1. The smallest absolute Gasteiger partial charge is 0.365 e. The molecule has 1 heterocycles. The summed E-state index contributed by atoms with van der Waals surface area (Å²) in [5.74, 6) is -2.24. The molecule has 0 bridgehead atoms. The van der Waals surface area contributed by atoms with Gasteiger partial charge in [-0.25, -0.2) is 0 Å². The summed E-state index contributed by atoms with van der Waals surface area (Å²) in [4.78, 5) is 24.8. The molecule has 2 rings (SSSR count). The molecule has 1 aromatic carbocycles. The first kappa shape index (κ1) is 18.5. The van der Waals surface area contributed by atoms with Gasteiger partial charge in [0.05, 0.1) is 0 Å². The molecule has 1 N–H and O–H groups in total. The number of carbonyl (C=O) groups is 2. The lowest BCUT2D eigenvalue weighted by molar-refractivity contribution is -0.165. The average Bonchev–Trinajstić information content (AvgIpc) is 2.95. The lowest BCUT2D eigenvalue weighted by Crippen LogP contribution is -2.37. The van der Waals surface area contributed by atoms with Crippen LogP contribution in [0.15, 0.2) is 34.9 Å². The standard InChI is InChI=1S/C16H16BrF3N2O2/c1-10-9-11(17)4-5-12(10)21-15(24)13-3-2-7-22(13)8-6-14(23)16(18,19)20/h4-6,8-9,13H,2-3,7H2,1H3,(H,21,24)/b8-6+. The summed E-state index contributed by atoms with van der Waals surface area (Å²) < 4.78 is 37.6. The molecule has 1 fully saturated rings. The van der Waals surface area contributed by atoms with E-state index in [2.05, 4.69) is 21.2 Å². The number of aryl methyl sites for hydroxylation is 1. The van der Waals surface area contributed by atoms with E-state index < -0.39 is 18.0 Å². The lowest BCUT2D eigenvalue weighted by Gasteiger charge is -2.22. The Bertz CT molecular complexity index is 674. The fourth-order valence-electron chi connectivity index (χ4n) is 2.49. The predicted octanol–water partition coefficient (Wildman–Crippen LogP) is 3.81. The summed E-state index contributed by atoms with van der Waals surface area (Å²) in [6, 6.07) is 4.80. The number of halogens is 4. The van der Waals surface area contributed by atoms with Crippen molar-refractivity contribution in [3.63, 3.8) is 0 Å². The number of amides is 1. The number of rotatable bonds is 4. The number of allylic oxidation sites excluding steroid dienone is 1. The molecule has 4 nitrogen and oxygen atoms in total. The highest BCUT2D eigenvalue weighted by Crippen LogP contribution is 2.24. The van der Waals surface area contributed by atoms with Gasteiger partial charge >= 0.3 is 6.18 Å². The molecule has 0 aliphatic carbocycles. The van der Waals surface area contributed by atoms with Crippen LogP contribution < -0.4 is 5.32 Å². The van der Waals surface area contributed by atoms with Gasteiger partial charge in [0.15, 0.2) is 0 Å². The third-order valence-corrected chi connectivity index (χ3v) is 4.23. The summed E-state index contributed by atoms with van der Waals surface area (Å²) in [6.07, 6.45) is -2.19. The molecule has 1 unspecified atom stereocenters. The molecular weight excluding hydrogens is 389 g/mol. The first-order valence-electron chi connectivity index (χ1n) is 7.30. The zero-order valence-corrected chi connectivity index (χ0v) is 14.4. The molecule has 0 spiro atoms. The van der Waals surface area contributed by atoms with Gasteiger partial charge in [0, 0.05) is 29.0 Å². The van der Waals surface area contributed by atoms with E-state index in [-0.39, 0.29) is 5.91 Å². The van der Waals surface area contributed by atoms with Crippen LogP contribution in [0, 0.1) is 6.92 Å². The van der Waals surface area contributed by atoms with Gasteiger partial charge in [-0.2, -0.15) is 13.2 Å². The normalized spacial score (nSPS) is 18.2. The van der Waals surface area contributed by atoms with Gasteiger partial charge in [-0.05, 0) is 43.5 Å². The summed E-state index contributed by atoms with van der Waals surface area (Å²) >= 11 is 3.33. The summed E-state index contributed by atoms with van der Waals surface area (Å²) in [6.45, 7) is 2.27. The Morgan fingerprint density at radius 1 is 1.38 bits per heavy atom. The molecule has 130 valence electrons. The first-order valence-corrected chi connectivity index (χ1v) is 8.10. The highest BCUT2D eigenvalue weighted by molar-refractivity contribution is 9.10. The van der Waals surface area contributed by atoms with Crippen molar-refractivity contribution in [1.82, 2.24) is 4.90 Å². The van der Waals surface area contributed by atoms with Crippen molar-refractivity contribution in [1.29, 1.82) is 0 Å². The number of nitrogens with one attached hydrogen (secondary N) is 1. The van der Waals surface area contributed by atoms with Gasteiger partial charge < -0.3 is 10.2 Å². The summed E-state index contributed by atoms with van der Waals surface area (Å²) in [7, 11) is 0. The lowest BCUT2D eigenvalue weighted by atomic mass is 10.1. The summed E-state index contributed by atoms with van der Waals surface area (Å²) in [5, 5.41) is 2.78. The van der Waals surface area contributed by atoms with E-state index in [1.54, 1.807) is 12.1 Å². The third-order valence-electron chi connectivity index (χ3n) is 3.74. The number of benzene rings is 1. The van der Waals surface area contributed by atoms with Crippen LogP contribution in [0.4, 0.5) is 18.9 Å². The number of anilines is 1. The fourth-order valence-corrected chi connectivity index (χ4v) is 2.97. The van der Waals surface area contributed by atoms with E-state index >= 15 is 0 Å². The van der Waals surface area contributed by atoms with E-state index in [1.807, 2.05) is 13.0 Å². The zero-order chi connectivity index (χ0) is 17.9. The van der Waals surface area contributed by atoms with Crippen molar-refractivity contribution < 1.29 is 22.8 Å². The number of hydrogen-bond acceptors (Lipinski definition) is 3. The molecule has 0 radical (unpaired) electrons. The molecule has 1 atom stereocenters. The second kappa shape index (κ2) is 7.38. The van der Waals surface area contributed by atoms with Crippen molar-refractivity contribution >= 4 is 33.3 Å². The predicted molar refractivity (Wildman–Crippen MR) is 87.4 cm³/mol. The Kier molecular flexibility index (Phi) is 5.69. The van der Waals surface area contributed by atoms with E-state index in [9.17, 15) is 22.8 Å². The van der Waals surface area contributed by atoms with Gasteiger partial charge in [0.2, 0.25) is 5.91 Å². The van der Waals surface area contributed by atoms with Crippen LogP contribution in [-0.2, 0) is 9.59 Å². The molecule has 8 heteroatoms. The fraction of sp³-hybridized carbons (Fsp3) is 0.375. The van der Waals surface area contributed by atoms with Crippen molar-refractivity contribution in [2.24, 2.45) is 0 Å². The minimum Gasteiger partial charge on any atom is -0.365 e. The monoisotopic (exact) mass is 404 g/mol. The third kappa shape index (κ3) is 4.59. The van der Waals surface area contributed by atoms with Gasteiger partial charge in [0.1, 0.15) is 6.04 Å². The number of alkyl halides is 3. The molecule has 1 saturated heterocycles. The van der Waals surface area contributed by atoms with Crippen molar-refractivity contribution in [3.8, 4) is 0 Å². The molecule has 0 aromatic heterocycles. The number of carbonyl (C=O) groups excluding carboxylic acids is 2. The maximum absolute atomic E-state index is 12.4. The number of hydrogen-bond donors (Lipinski definition) is 1. The van der Waals surface area contributed by atoms with Gasteiger partial charge in [-0.3, -0.25) is 9.59 Å². The molecular formula is C16H16BrF3N2O2. The maximum atomic E-state index is 12.4. The minimum atomic E-state index is -4.90. The SMILES string of the molecule is Cc1cc(Br)ccc1NC(=O)C1CCCN1/C=C/C(=O)C(F)(F)F. The van der Waals surface area contributed by atoms with Crippen molar-refractivity contribution in [2.75, 3.05) is 11.9 Å². The van der Waals surface area contributed by atoms with Gasteiger partial charge in [-0.15, -0.1) is 0 Å². The average molecular weight is 405 g/mol. The largest absolute Gasteiger partial charge is 0.454 e. The Morgan fingerprint density at radius 3 is 2.71 bits per heavy atom. The Hall–Kier alpha value is -1.83. The summed E-state index contributed by atoms with van der Waals surface area (Å²) in [5.41, 5.74) is 1.51. The van der Waals surface area contributed by atoms with E-state index in [0.717, 1.165) is 16.2 Å². The van der Waals surface area contributed by atoms with Crippen molar-refractivity contribution in [2.45, 2.75) is 32.0 Å². The Morgan fingerprint density at radius 2 is 2.08 bits per heavy atom. The zero-order valence-electron chi connectivity index (χ0n) is 12.9. The topological polar surface area (TPSA) is 49.4 Å². The van der Waals surface area contributed by atoms with Crippen LogP contribution in [0.3, 0.4) is 0 Å². The first-order chi connectivity index (χ1) is 11.2. The van der Waals surface area contributed by atoms with Crippen LogP contribution in [-0.4, -0.2) is 35.4 Å². The van der Waals surface area contributed by atoms with Gasteiger partial charge in [0.25, 0.3) is 5.78 Å². The molecule has 0 saturated carbocycles. The van der Waals surface area contributed by atoms with Gasteiger partial charge in [-0.1, -0.05) is 15.9 Å². The van der Waals surface area contributed by atoms with Crippen LogP contribution in [0.25, 0.3) is 0 Å². The minimum absolute atomic E-state index is 0.304. The number of likely N-dealkylation sites (tertiary alicyclic amines) is 1. The van der Waals surface area contributed by atoms with E-state index in [4.69, 9.17) is 0 Å². The second-order valence-electron chi connectivity index (χ2n) is 5.52. The van der Waals surface area contributed by atoms with Crippen LogP contribution in [0.5, 0.6) is 0 Å². The number of ketones is 1. The second-order valence-corrected chi connectivity index (χ2v) is 6.44. The van der Waals surface area contributed by atoms with Crippen LogP contribution in [0.2, 0.25) is 0 Å². The van der Waals surface area contributed by atoms with E-state index in [0.29, 0.717) is 31.1 Å². The highest BCUT2D eigenvalue weighted by atomic mass is 79.9. The molecule has 1 amide bonds. The molecule has 1 aliphatic rings. The maximum Gasteiger partial charge on any atom is 0.454 e.